The number of benzene rings is 2. The lowest BCUT2D eigenvalue weighted by Gasteiger charge is -2.06. The first kappa shape index (κ1) is 14.8. The second-order valence-electron chi connectivity index (χ2n) is 4.96. The third kappa shape index (κ3) is 2.66. The van der Waals surface area contributed by atoms with Crippen molar-refractivity contribution in [2.75, 3.05) is 12.3 Å². The Hall–Kier alpha value is -3.15. The number of anilines is 1. The standard InChI is InChI=1S/C17H17N3O3/c1-2-23-13-9-7-12(8-10-13)20-16(21)11-19(17(20)22)15-6-4-3-5-14(15)18/h3-11,21H,2,18H2,1H3. The molecule has 6 heteroatoms. The van der Waals surface area contributed by atoms with Gasteiger partial charge >= 0.3 is 5.69 Å². The fourth-order valence-corrected chi connectivity index (χ4v) is 2.41. The Morgan fingerprint density at radius 1 is 1.13 bits per heavy atom. The van der Waals surface area contributed by atoms with E-state index >= 15 is 0 Å². The third-order valence-electron chi connectivity index (χ3n) is 3.47. The molecule has 118 valence electrons. The first-order chi connectivity index (χ1) is 11.1. The molecule has 3 rings (SSSR count). The molecule has 1 heterocycles. The van der Waals surface area contributed by atoms with Gasteiger partial charge in [0.2, 0.25) is 5.88 Å². The van der Waals surface area contributed by atoms with E-state index in [2.05, 4.69) is 0 Å². The van der Waals surface area contributed by atoms with E-state index in [0.717, 1.165) is 0 Å². The highest BCUT2D eigenvalue weighted by atomic mass is 16.5. The van der Waals surface area contributed by atoms with Gasteiger partial charge in [0.05, 0.1) is 29.9 Å². The molecule has 0 bridgehead atoms. The van der Waals surface area contributed by atoms with Crippen molar-refractivity contribution >= 4 is 5.69 Å². The zero-order chi connectivity index (χ0) is 16.4. The summed E-state index contributed by atoms with van der Waals surface area (Å²) in [6, 6.07) is 13.9. The number of ether oxygens (including phenoxy) is 1. The highest BCUT2D eigenvalue weighted by Crippen LogP contribution is 2.21. The van der Waals surface area contributed by atoms with Gasteiger partial charge in [-0.3, -0.25) is 4.57 Å². The summed E-state index contributed by atoms with van der Waals surface area (Å²) in [7, 11) is 0. The fourth-order valence-electron chi connectivity index (χ4n) is 2.41. The first-order valence-corrected chi connectivity index (χ1v) is 7.23. The molecule has 0 spiro atoms. The summed E-state index contributed by atoms with van der Waals surface area (Å²) >= 11 is 0. The lowest BCUT2D eigenvalue weighted by Crippen LogP contribution is -2.22. The molecule has 0 saturated heterocycles. The Balaban J connectivity index is 2.08. The fraction of sp³-hybridized carbons (Fsp3) is 0.118. The van der Waals surface area contributed by atoms with Gasteiger partial charge in [0, 0.05) is 0 Å². The van der Waals surface area contributed by atoms with E-state index in [1.807, 2.05) is 6.92 Å². The molecular formula is C17H17N3O3. The van der Waals surface area contributed by atoms with Crippen molar-refractivity contribution in [3.8, 4) is 23.0 Å². The number of nitrogens with two attached hydrogens (primary N) is 1. The van der Waals surface area contributed by atoms with Gasteiger partial charge in [0.15, 0.2) is 0 Å². The smallest absolute Gasteiger partial charge is 0.340 e. The summed E-state index contributed by atoms with van der Waals surface area (Å²) in [5, 5.41) is 10.2. The highest BCUT2D eigenvalue weighted by molar-refractivity contribution is 5.58. The number of aromatic nitrogens is 2. The van der Waals surface area contributed by atoms with Crippen molar-refractivity contribution in [1.29, 1.82) is 0 Å². The molecule has 3 aromatic rings. The van der Waals surface area contributed by atoms with E-state index in [1.165, 1.54) is 15.3 Å². The van der Waals surface area contributed by atoms with Gasteiger partial charge in [-0.25, -0.2) is 9.36 Å². The van der Waals surface area contributed by atoms with Gasteiger partial charge in [-0.1, -0.05) is 12.1 Å². The predicted octanol–water partition coefficient (Wildman–Crippen LogP) is 2.31. The number of imidazole rings is 1. The summed E-state index contributed by atoms with van der Waals surface area (Å²) in [6.45, 7) is 2.46. The molecular weight excluding hydrogens is 294 g/mol. The van der Waals surface area contributed by atoms with Crippen LogP contribution in [-0.2, 0) is 0 Å². The number of nitrogen functional groups attached to an aromatic ring is 1. The SMILES string of the molecule is CCOc1ccc(-n2c(O)cn(-c3ccccc3N)c2=O)cc1. The van der Waals surface area contributed by atoms with Crippen LogP contribution in [0, 0.1) is 0 Å². The Labute approximate surface area is 133 Å². The maximum absolute atomic E-state index is 12.6. The van der Waals surface area contributed by atoms with Gasteiger partial charge < -0.3 is 15.6 Å². The van der Waals surface area contributed by atoms with Gasteiger partial charge in [-0.15, -0.1) is 0 Å². The van der Waals surface area contributed by atoms with Crippen molar-refractivity contribution in [2.45, 2.75) is 6.92 Å². The van der Waals surface area contributed by atoms with Crippen LogP contribution in [0.1, 0.15) is 6.92 Å². The van der Waals surface area contributed by atoms with Crippen molar-refractivity contribution in [2.24, 2.45) is 0 Å². The topological polar surface area (TPSA) is 82.4 Å². The van der Waals surface area contributed by atoms with Crippen LogP contribution in [0.3, 0.4) is 0 Å². The molecule has 0 saturated carbocycles. The normalized spacial score (nSPS) is 10.7. The number of hydrogen-bond acceptors (Lipinski definition) is 4. The molecule has 0 radical (unpaired) electrons. The van der Waals surface area contributed by atoms with E-state index in [4.69, 9.17) is 10.5 Å². The van der Waals surface area contributed by atoms with Crippen LogP contribution in [0.4, 0.5) is 5.69 Å². The van der Waals surface area contributed by atoms with Gasteiger partial charge in [0.1, 0.15) is 5.75 Å². The lowest BCUT2D eigenvalue weighted by atomic mass is 10.3. The number of hydrogen-bond donors (Lipinski definition) is 2. The van der Waals surface area contributed by atoms with E-state index in [9.17, 15) is 9.90 Å². The van der Waals surface area contributed by atoms with Crippen molar-refractivity contribution < 1.29 is 9.84 Å². The number of nitrogens with zero attached hydrogens (tertiary/aromatic N) is 2. The van der Waals surface area contributed by atoms with E-state index in [1.54, 1.807) is 48.5 Å². The summed E-state index contributed by atoms with van der Waals surface area (Å²) in [5.41, 5.74) is 7.03. The minimum absolute atomic E-state index is 0.164. The van der Waals surface area contributed by atoms with E-state index < -0.39 is 5.69 Å². The molecule has 2 aromatic carbocycles. The second kappa shape index (κ2) is 5.92. The Morgan fingerprint density at radius 3 is 2.48 bits per heavy atom. The van der Waals surface area contributed by atoms with E-state index in [0.29, 0.717) is 29.4 Å². The molecule has 6 nitrogen and oxygen atoms in total. The molecule has 3 N–H and O–H groups in total. The molecule has 0 atom stereocenters. The molecule has 0 aliphatic heterocycles. The van der Waals surface area contributed by atoms with Gasteiger partial charge in [-0.05, 0) is 43.3 Å². The van der Waals surface area contributed by atoms with Crippen molar-refractivity contribution in [3.05, 3.63) is 65.2 Å². The average molecular weight is 311 g/mol. The Kier molecular flexibility index (Phi) is 3.80. The van der Waals surface area contributed by atoms with Crippen LogP contribution in [-0.4, -0.2) is 20.8 Å². The minimum Gasteiger partial charge on any atom is -0.494 e. The number of aromatic hydroxyl groups is 1. The quantitative estimate of drug-likeness (QED) is 0.724. The maximum Gasteiger partial charge on any atom is 0.340 e. The van der Waals surface area contributed by atoms with Crippen LogP contribution in [0.15, 0.2) is 59.5 Å². The predicted molar refractivity (Wildman–Crippen MR) is 88.6 cm³/mol. The number of rotatable bonds is 4. The van der Waals surface area contributed by atoms with Crippen molar-refractivity contribution in [1.82, 2.24) is 9.13 Å². The largest absolute Gasteiger partial charge is 0.494 e. The maximum atomic E-state index is 12.6. The number of para-hydroxylation sites is 2. The molecule has 0 aliphatic carbocycles. The molecule has 0 fully saturated rings. The first-order valence-electron chi connectivity index (χ1n) is 7.23. The van der Waals surface area contributed by atoms with Crippen LogP contribution >= 0.6 is 0 Å². The second-order valence-corrected chi connectivity index (χ2v) is 4.96. The molecule has 1 aromatic heterocycles. The van der Waals surface area contributed by atoms with Gasteiger partial charge in [-0.2, -0.15) is 0 Å². The summed E-state index contributed by atoms with van der Waals surface area (Å²) < 4.78 is 7.91. The van der Waals surface area contributed by atoms with Gasteiger partial charge in [0.25, 0.3) is 0 Å². The molecule has 23 heavy (non-hydrogen) atoms. The average Bonchev–Trinajstić information content (AvgIpc) is 2.84. The van der Waals surface area contributed by atoms with Crippen molar-refractivity contribution in [3.63, 3.8) is 0 Å². The minimum atomic E-state index is -0.399. The van der Waals surface area contributed by atoms with Crippen LogP contribution < -0.4 is 16.2 Å². The Bertz CT molecular complexity index is 879. The molecule has 0 aliphatic rings. The highest BCUT2D eigenvalue weighted by Gasteiger charge is 2.14. The van der Waals surface area contributed by atoms with Crippen LogP contribution in [0.25, 0.3) is 11.4 Å². The lowest BCUT2D eigenvalue weighted by molar-refractivity contribution is 0.340. The molecule has 0 amide bonds. The summed E-state index contributed by atoms with van der Waals surface area (Å²) in [4.78, 5) is 12.6. The van der Waals surface area contributed by atoms with Crippen LogP contribution in [0.2, 0.25) is 0 Å². The third-order valence-corrected chi connectivity index (χ3v) is 3.47. The summed E-state index contributed by atoms with van der Waals surface area (Å²) in [6.07, 6.45) is 1.35. The zero-order valence-electron chi connectivity index (χ0n) is 12.6. The molecule has 0 unspecified atom stereocenters. The van der Waals surface area contributed by atoms with E-state index in [-0.39, 0.29) is 5.88 Å². The summed E-state index contributed by atoms with van der Waals surface area (Å²) in [5.74, 6) is 0.540. The van der Waals surface area contributed by atoms with Crippen LogP contribution in [0.5, 0.6) is 11.6 Å². The Morgan fingerprint density at radius 2 is 1.83 bits per heavy atom. The zero-order valence-corrected chi connectivity index (χ0v) is 12.6. The monoisotopic (exact) mass is 311 g/mol.